The molecule has 1 aromatic rings. The second-order valence-corrected chi connectivity index (χ2v) is 5.37. The Labute approximate surface area is 107 Å². The predicted octanol–water partition coefficient (Wildman–Crippen LogP) is 2.46. The van der Waals surface area contributed by atoms with E-state index in [1.165, 1.54) is 11.5 Å². The van der Waals surface area contributed by atoms with Gasteiger partial charge >= 0.3 is 0 Å². The number of nitrogens with zero attached hydrogens (tertiary/aromatic N) is 2. The zero-order valence-electron chi connectivity index (χ0n) is 9.43. The molecule has 0 aliphatic carbocycles. The van der Waals surface area contributed by atoms with Gasteiger partial charge in [0.25, 0.3) is 0 Å². The Morgan fingerprint density at radius 1 is 1.25 bits per heavy atom. The van der Waals surface area contributed by atoms with Gasteiger partial charge in [0.2, 0.25) is 0 Å². The average molecular weight is 252 g/mol. The summed E-state index contributed by atoms with van der Waals surface area (Å²) >= 11 is 7.53. The lowest BCUT2D eigenvalue weighted by Crippen LogP contribution is -2.45. The smallest absolute Gasteiger partial charge is 0.175 e. The van der Waals surface area contributed by atoms with Crippen LogP contribution >= 0.6 is 24.0 Å². The summed E-state index contributed by atoms with van der Waals surface area (Å²) in [6.45, 7) is 2.14. The molecule has 2 rings (SSSR count). The van der Waals surface area contributed by atoms with Crippen molar-refractivity contribution in [3.05, 3.63) is 30.3 Å². The summed E-state index contributed by atoms with van der Waals surface area (Å²) in [6, 6.07) is 10.3. The van der Waals surface area contributed by atoms with E-state index in [1.54, 1.807) is 0 Å². The minimum atomic E-state index is 0.937. The molecule has 0 aromatic heterocycles. The molecule has 0 saturated carbocycles. The summed E-state index contributed by atoms with van der Waals surface area (Å²) in [7, 11) is 2.04. The first-order valence-electron chi connectivity index (χ1n) is 5.44. The Hall–Kier alpha value is -0.740. The molecule has 0 spiro atoms. The SMILES string of the molecule is CN(C(=S)N1CCSCC1)c1ccccc1. The van der Waals surface area contributed by atoms with Crippen LogP contribution in [0.5, 0.6) is 0 Å². The molecule has 0 bridgehead atoms. The Morgan fingerprint density at radius 3 is 2.50 bits per heavy atom. The van der Waals surface area contributed by atoms with Crippen molar-refractivity contribution >= 4 is 34.8 Å². The molecule has 0 radical (unpaired) electrons. The van der Waals surface area contributed by atoms with Crippen LogP contribution < -0.4 is 4.90 Å². The van der Waals surface area contributed by atoms with E-state index in [0.717, 1.165) is 23.9 Å². The van der Waals surface area contributed by atoms with Crippen molar-refractivity contribution in [2.45, 2.75) is 0 Å². The van der Waals surface area contributed by atoms with Crippen molar-refractivity contribution in [2.24, 2.45) is 0 Å². The van der Waals surface area contributed by atoms with Crippen LogP contribution in [0.2, 0.25) is 0 Å². The second-order valence-electron chi connectivity index (χ2n) is 3.78. The van der Waals surface area contributed by atoms with Gasteiger partial charge in [-0.2, -0.15) is 11.8 Å². The second kappa shape index (κ2) is 5.55. The van der Waals surface area contributed by atoms with E-state index in [0.29, 0.717) is 0 Å². The topological polar surface area (TPSA) is 6.48 Å². The summed E-state index contributed by atoms with van der Waals surface area (Å²) < 4.78 is 0. The molecular formula is C12H16N2S2. The first-order chi connectivity index (χ1) is 7.79. The fourth-order valence-electron chi connectivity index (χ4n) is 1.73. The molecule has 0 unspecified atom stereocenters. The third kappa shape index (κ3) is 2.68. The summed E-state index contributed by atoms with van der Waals surface area (Å²) in [5.41, 5.74) is 1.16. The lowest BCUT2D eigenvalue weighted by molar-refractivity contribution is 0.464. The highest BCUT2D eigenvalue weighted by molar-refractivity contribution is 7.99. The quantitative estimate of drug-likeness (QED) is 0.708. The van der Waals surface area contributed by atoms with Crippen molar-refractivity contribution in [3.63, 3.8) is 0 Å². The molecule has 1 saturated heterocycles. The molecule has 2 nitrogen and oxygen atoms in total. The molecule has 1 aromatic carbocycles. The van der Waals surface area contributed by atoms with E-state index in [2.05, 4.69) is 21.9 Å². The van der Waals surface area contributed by atoms with Gasteiger partial charge in [-0.05, 0) is 24.4 Å². The normalized spacial score (nSPS) is 15.9. The Kier molecular flexibility index (Phi) is 4.07. The highest BCUT2D eigenvalue weighted by atomic mass is 32.2. The van der Waals surface area contributed by atoms with Crippen molar-refractivity contribution < 1.29 is 0 Å². The Bertz CT molecular complexity index is 347. The van der Waals surface area contributed by atoms with Gasteiger partial charge in [0, 0.05) is 37.3 Å². The fourth-order valence-corrected chi connectivity index (χ4v) is 2.92. The Balaban J connectivity index is 2.04. The average Bonchev–Trinajstić information content (AvgIpc) is 2.39. The zero-order chi connectivity index (χ0) is 11.4. The monoisotopic (exact) mass is 252 g/mol. The first kappa shape index (κ1) is 11.7. The van der Waals surface area contributed by atoms with Gasteiger partial charge in [0.1, 0.15) is 0 Å². The van der Waals surface area contributed by atoms with Crippen molar-refractivity contribution in [1.82, 2.24) is 4.90 Å². The maximum atomic E-state index is 5.52. The van der Waals surface area contributed by atoms with Crippen molar-refractivity contribution in [1.29, 1.82) is 0 Å². The summed E-state index contributed by atoms with van der Waals surface area (Å²) in [6.07, 6.45) is 0. The van der Waals surface area contributed by atoms with E-state index >= 15 is 0 Å². The number of rotatable bonds is 1. The van der Waals surface area contributed by atoms with Crippen molar-refractivity contribution in [2.75, 3.05) is 36.5 Å². The molecule has 0 amide bonds. The minimum Gasteiger partial charge on any atom is -0.347 e. The van der Waals surface area contributed by atoms with Crippen LogP contribution in [0.4, 0.5) is 5.69 Å². The number of benzene rings is 1. The summed E-state index contributed by atoms with van der Waals surface area (Å²) in [5, 5.41) is 0.937. The molecule has 1 aliphatic rings. The standard InChI is InChI=1S/C12H16N2S2/c1-13(11-5-3-2-4-6-11)12(15)14-7-9-16-10-8-14/h2-6H,7-10H2,1H3. The van der Waals surface area contributed by atoms with Crippen LogP contribution in [-0.2, 0) is 0 Å². The summed E-state index contributed by atoms with van der Waals surface area (Å²) in [5.74, 6) is 2.37. The number of anilines is 1. The number of thiocarbonyl (C=S) groups is 1. The maximum Gasteiger partial charge on any atom is 0.175 e. The molecular weight excluding hydrogens is 236 g/mol. The molecule has 86 valence electrons. The van der Waals surface area contributed by atoms with Gasteiger partial charge < -0.3 is 9.80 Å². The largest absolute Gasteiger partial charge is 0.347 e. The number of thioether (sulfide) groups is 1. The predicted molar refractivity (Wildman–Crippen MR) is 76.3 cm³/mol. The molecule has 4 heteroatoms. The first-order valence-corrected chi connectivity index (χ1v) is 7.01. The van der Waals surface area contributed by atoms with E-state index in [9.17, 15) is 0 Å². The van der Waals surface area contributed by atoms with Crippen LogP contribution in [0.15, 0.2) is 30.3 Å². The number of hydrogen-bond acceptors (Lipinski definition) is 2. The van der Waals surface area contributed by atoms with Crippen molar-refractivity contribution in [3.8, 4) is 0 Å². The lowest BCUT2D eigenvalue weighted by Gasteiger charge is -2.33. The van der Waals surface area contributed by atoms with Crippen LogP contribution in [0.3, 0.4) is 0 Å². The van der Waals surface area contributed by atoms with Crippen LogP contribution in [0.25, 0.3) is 0 Å². The van der Waals surface area contributed by atoms with E-state index in [1.807, 2.05) is 37.0 Å². The molecule has 1 fully saturated rings. The third-order valence-corrected chi connectivity index (χ3v) is 4.19. The van der Waals surface area contributed by atoms with Crippen LogP contribution in [0, 0.1) is 0 Å². The van der Waals surface area contributed by atoms with Gasteiger partial charge in [-0.3, -0.25) is 0 Å². The van der Waals surface area contributed by atoms with Gasteiger partial charge in [0.15, 0.2) is 5.11 Å². The fraction of sp³-hybridized carbons (Fsp3) is 0.417. The highest BCUT2D eigenvalue weighted by Crippen LogP contribution is 2.16. The highest BCUT2D eigenvalue weighted by Gasteiger charge is 2.17. The molecule has 1 aliphatic heterocycles. The molecule has 0 atom stereocenters. The zero-order valence-corrected chi connectivity index (χ0v) is 11.1. The van der Waals surface area contributed by atoms with E-state index < -0.39 is 0 Å². The van der Waals surface area contributed by atoms with E-state index in [4.69, 9.17) is 12.2 Å². The van der Waals surface area contributed by atoms with E-state index in [-0.39, 0.29) is 0 Å². The summed E-state index contributed by atoms with van der Waals surface area (Å²) in [4.78, 5) is 4.38. The third-order valence-electron chi connectivity index (χ3n) is 2.71. The minimum absolute atomic E-state index is 0.937. The van der Waals surface area contributed by atoms with Gasteiger partial charge in [0.05, 0.1) is 0 Å². The van der Waals surface area contributed by atoms with Crippen LogP contribution in [-0.4, -0.2) is 41.7 Å². The van der Waals surface area contributed by atoms with Crippen LogP contribution in [0.1, 0.15) is 0 Å². The van der Waals surface area contributed by atoms with Gasteiger partial charge in [-0.15, -0.1) is 0 Å². The Morgan fingerprint density at radius 2 is 1.88 bits per heavy atom. The number of para-hydroxylation sites is 1. The molecule has 16 heavy (non-hydrogen) atoms. The molecule has 0 N–H and O–H groups in total. The maximum absolute atomic E-state index is 5.52. The lowest BCUT2D eigenvalue weighted by atomic mass is 10.3. The van der Waals surface area contributed by atoms with Gasteiger partial charge in [-0.1, -0.05) is 18.2 Å². The van der Waals surface area contributed by atoms with Gasteiger partial charge in [-0.25, -0.2) is 0 Å². The number of hydrogen-bond donors (Lipinski definition) is 0. The molecule has 1 heterocycles.